The van der Waals surface area contributed by atoms with Crippen molar-refractivity contribution in [3.8, 4) is 0 Å². The number of rotatable bonds is 2. The highest BCUT2D eigenvalue weighted by molar-refractivity contribution is 9.10. The summed E-state index contributed by atoms with van der Waals surface area (Å²) in [5.41, 5.74) is 6.22. The molecule has 106 valence electrons. The van der Waals surface area contributed by atoms with Gasteiger partial charge in [0.05, 0.1) is 4.90 Å². The van der Waals surface area contributed by atoms with Crippen LogP contribution in [0.3, 0.4) is 0 Å². The Labute approximate surface area is 123 Å². The fraction of sp³-hybridized carbons (Fsp3) is 0.538. The summed E-state index contributed by atoms with van der Waals surface area (Å²) in [7, 11) is -3.41. The fourth-order valence-corrected chi connectivity index (χ4v) is 4.09. The summed E-state index contributed by atoms with van der Waals surface area (Å²) in [5.74, 6) is 0. The molecule has 1 aromatic rings. The van der Waals surface area contributed by atoms with Gasteiger partial charge in [-0.25, -0.2) is 8.42 Å². The zero-order valence-corrected chi connectivity index (χ0v) is 13.2. The van der Waals surface area contributed by atoms with E-state index >= 15 is 0 Å². The quantitative estimate of drug-likeness (QED) is 0.837. The second-order valence-corrected chi connectivity index (χ2v) is 7.65. The number of nitrogens with two attached hydrogens (primary N) is 1. The second-order valence-electron chi connectivity index (χ2n) is 4.86. The van der Waals surface area contributed by atoms with E-state index in [-0.39, 0.29) is 4.90 Å². The van der Waals surface area contributed by atoms with Crippen molar-refractivity contribution >= 4 is 31.6 Å². The number of benzene rings is 1. The molecule has 1 aromatic carbocycles. The van der Waals surface area contributed by atoms with Crippen LogP contribution in [0.15, 0.2) is 27.6 Å². The normalized spacial score (nSPS) is 18.8. The van der Waals surface area contributed by atoms with Gasteiger partial charge in [0.25, 0.3) is 0 Å². The number of hydrogen-bond donors (Lipinski definition) is 1. The Morgan fingerprint density at radius 2 is 1.63 bits per heavy atom. The van der Waals surface area contributed by atoms with Crippen LogP contribution in [-0.2, 0) is 10.0 Å². The molecule has 2 N–H and O–H groups in total. The van der Waals surface area contributed by atoms with Crippen molar-refractivity contribution in [3.05, 3.63) is 22.7 Å². The average Bonchev–Trinajstić information content (AvgIpc) is 2.31. The highest BCUT2D eigenvalue weighted by Crippen LogP contribution is 2.26. The molecular formula is C13H19BrN2O2S. The van der Waals surface area contributed by atoms with E-state index in [1.807, 2.05) is 0 Å². The first-order chi connectivity index (χ1) is 9.01. The van der Waals surface area contributed by atoms with Gasteiger partial charge >= 0.3 is 0 Å². The largest absolute Gasteiger partial charge is 0.398 e. The molecule has 0 unspecified atom stereocenters. The summed E-state index contributed by atoms with van der Waals surface area (Å²) in [6, 6.07) is 4.82. The van der Waals surface area contributed by atoms with E-state index in [0.29, 0.717) is 18.8 Å². The van der Waals surface area contributed by atoms with E-state index < -0.39 is 10.0 Å². The van der Waals surface area contributed by atoms with Gasteiger partial charge < -0.3 is 5.73 Å². The van der Waals surface area contributed by atoms with Gasteiger partial charge in [0.1, 0.15) is 0 Å². The van der Waals surface area contributed by atoms with Crippen LogP contribution in [0.25, 0.3) is 0 Å². The van der Waals surface area contributed by atoms with Crippen LogP contribution < -0.4 is 5.73 Å². The van der Waals surface area contributed by atoms with E-state index in [1.54, 1.807) is 16.4 Å². The molecule has 0 amide bonds. The Balaban J connectivity index is 2.26. The third-order valence-electron chi connectivity index (χ3n) is 3.42. The monoisotopic (exact) mass is 346 g/mol. The lowest BCUT2D eigenvalue weighted by Crippen LogP contribution is -2.33. The van der Waals surface area contributed by atoms with Crippen molar-refractivity contribution in [2.75, 3.05) is 18.8 Å². The number of nitrogen functional groups attached to an aromatic ring is 1. The lowest BCUT2D eigenvalue weighted by atomic mass is 10.1. The number of anilines is 1. The predicted octanol–water partition coefficient (Wildman–Crippen LogP) is 2.99. The zero-order valence-electron chi connectivity index (χ0n) is 10.8. The molecule has 0 aliphatic carbocycles. The molecule has 4 nitrogen and oxygen atoms in total. The zero-order chi connectivity index (χ0) is 13.9. The molecule has 1 fully saturated rings. The summed E-state index contributed by atoms with van der Waals surface area (Å²) in [6.45, 7) is 1.22. The predicted molar refractivity (Wildman–Crippen MR) is 80.4 cm³/mol. The molecule has 6 heteroatoms. The van der Waals surface area contributed by atoms with Crippen molar-refractivity contribution in [2.24, 2.45) is 0 Å². The molecule has 0 radical (unpaired) electrons. The minimum Gasteiger partial charge on any atom is -0.398 e. The molecule has 0 spiro atoms. The lowest BCUT2D eigenvalue weighted by molar-refractivity contribution is 0.364. The summed E-state index contributed by atoms with van der Waals surface area (Å²) >= 11 is 3.28. The van der Waals surface area contributed by atoms with Crippen LogP contribution >= 0.6 is 15.9 Å². The molecule has 1 aliphatic heterocycles. The Hall–Kier alpha value is -0.590. The second kappa shape index (κ2) is 6.24. The van der Waals surface area contributed by atoms with Gasteiger partial charge in [-0.2, -0.15) is 4.31 Å². The van der Waals surface area contributed by atoms with Gasteiger partial charge in [-0.05, 0) is 47.0 Å². The highest BCUT2D eigenvalue weighted by Gasteiger charge is 2.24. The Morgan fingerprint density at radius 3 is 2.21 bits per heavy atom. The molecule has 1 saturated heterocycles. The van der Waals surface area contributed by atoms with Crippen molar-refractivity contribution in [1.82, 2.24) is 4.31 Å². The van der Waals surface area contributed by atoms with Crippen molar-refractivity contribution in [1.29, 1.82) is 0 Å². The van der Waals surface area contributed by atoms with Crippen LogP contribution in [0.2, 0.25) is 0 Å². The Bertz CT molecular complexity index is 538. The number of hydrogen-bond acceptors (Lipinski definition) is 3. The maximum atomic E-state index is 12.6. The topological polar surface area (TPSA) is 63.4 Å². The van der Waals surface area contributed by atoms with E-state index in [0.717, 1.165) is 30.2 Å². The molecule has 0 bridgehead atoms. The lowest BCUT2D eigenvalue weighted by Gasteiger charge is -2.24. The van der Waals surface area contributed by atoms with E-state index in [1.165, 1.54) is 12.5 Å². The van der Waals surface area contributed by atoms with Gasteiger partial charge in [0, 0.05) is 23.2 Å². The minimum absolute atomic E-state index is 0.286. The average molecular weight is 347 g/mol. The Kier molecular flexibility index (Phi) is 4.86. The maximum absolute atomic E-state index is 12.6. The van der Waals surface area contributed by atoms with Crippen LogP contribution in [0.4, 0.5) is 5.69 Å². The molecule has 1 aliphatic rings. The molecule has 0 atom stereocenters. The third-order valence-corrected chi connectivity index (χ3v) is 6.04. The van der Waals surface area contributed by atoms with Crippen molar-refractivity contribution in [3.63, 3.8) is 0 Å². The molecule has 19 heavy (non-hydrogen) atoms. The number of nitrogens with zero attached hydrogens (tertiary/aromatic N) is 1. The fourth-order valence-electron chi connectivity index (χ4n) is 2.29. The first-order valence-corrected chi connectivity index (χ1v) is 8.80. The van der Waals surface area contributed by atoms with E-state index in [2.05, 4.69) is 15.9 Å². The minimum atomic E-state index is -3.41. The SMILES string of the molecule is Nc1cc(S(=O)(=O)N2CCCCCCC2)ccc1Br. The molecule has 1 heterocycles. The van der Waals surface area contributed by atoms with Crippen LogP contribution in [0.1, 0.15) is 32.1 Å². The molecule has 0 aromatic heterocycles. The van der Waals surface area contributed by atoms with Crippen LogP contribution in [-0.4, -0.2) is 25.8 Å². The standard InChI is InChI=1S/C13H19BrN2O2S/c14-12-7-6-11(10-13(12)15)19(17,18)16-8-4-2-1-3-5-9-16/h6-7,10H,1-5,8-9,15H2. The maximum Gasteiger partial charge on any atom is 0.243 e. The Morgan fingerprint density at radius 1 is 1.05 bits per heavy atom. The van der Waals surface area contributed by atoms with E-state index in [9.17, 15) is 8.42 Å². The van der Waals surface area contributed by atoms with Gasteiger partial charge in [-0.15, -0.1) is 0 Å². The summed E-state index contributed by atoms with van der Waals surface area (Å²) in [4.78, 5) is 0.286. The summed E-state index contributed by atoms with van der Waals surface area (Å²) in [6.07, 6.45) is 5.29. The first kappa shape index (κ1) is 14.8. The van der Waals surface area contributed by atoms with Crippen molar-refractivity contribution < 1.29 is 8.42 Å². The van der Waals surface area contributed by atoms with Gasteiger partial charge in [0.15, 0.2) is 0 Å². The van der Waals surface area contributed by atoms with Gasteiger partial charge in [-0.1, -0.05) is 19.3 Å². The summed E-state index contributed by atoms with van der Waals surface area (Å²) in [5, 5.41) is 0. The van der Waals surface area contributed by atoms with E-state index in [4.69, 9.17) is 5.73 Å². The molecule has 0 saturated carbocycles. The smallest absolute Gasteiger partial charge is 0.243 e. The third kappa shape index (κ3) is 3.49. The highest BCUT2D eigenvalue weighted by atomic mass is 79.9. The number of sulfonamides is 1. The van der Waals surface area contributed by atoms with Crippen molar-refractivity contribution in [2.45, 2.75) is 37.0 Å². The molecular weight excluding hydrogens is 328 g/mol. The number of halogens is 1. The van der Waals surface area contributed by atoms with Gasteiger partial charge in [0.2, 0.25) is 10.0 Å². The first-order valence-electron chi connectivity index (χ1n) is 6.57. The van der Waals surface area contributed by atoms with Crippen LogP contribution in [0.5, 0.6) is 0 Å². The molecule has 2 rings (SSSR count). The van der Waals surface area contributed by atoms with Crippen LogP contribution in [0, 0.1) is 0 Å². The summed E-state index contributed by atoms with van der Waals surface area (Å²) < 4.78 is 27.5. The van der Waals surface area contributed by atoms with Gasteiger partial charge in [-0.3, -0.25) is 0 Å².